The lowest BCUT2D eigenvalue weighted by Gasteiger charge is -2.41. The number of rotatable bonds is 12. The Labute approximate surface area is 158 Å². The summed E-state index contributed by atoms with van der Waals surface area (Å²) in [5.74, 6) is 0. The zero-order valence-corrected chi connectivity index (χ0v) is 20.0. The molecule has 0 aromatic rings. The molecule has 0 radical (unpaired) electrons. The van der Waals surface area contributed by atoms with E-state index in [9.17, 15) is 4.79 Å². The van der Waals surface area contributed by atoms with Gasteiger partial charge in [-0.2, -0.15) is 0 Å². The summed E-state index contributed by atoms with van der Waals surface area (Å²) in [6.45, 7) is 15.9. The predicted molar refractivity (Wildman–Crippen MR) is 110 cm³/mol. The summed E-state index contributed by atoms with van der Waals surface area (Å²) < 4.78 is 17.1. The first-order valence-electron chi connectivity index (χ1n) is 9.69. The molecule has 0 saturated heterocycles. The monoisotopic (exact) mass is 391 g/mol. The first-order valence-corrected chi connectivity index (χ1v) is 13.4. The number of hydrogen-bond donors (Lipinski definition) is 1. The molecule has 0 aromatic carbocycles. The number of carbonyl (C=O) groups excluding carboxylic acids is 1. The molecule has 150 valence electrons. The third-order valence-corrected chi connectivity index (χ3v) is 13.8. The van der Waals surface area contributed by atoms with E-state index in [1.165, 1.54) is 0 Å². The molecule has 0 saturated carbocycles. The fourth-order valence-corrected chi connectivity index (χ4v) is 11.1. The van der Waals surface area contributed by atoms with Gasteiger partial charge in [0.05, 0.1) is 0 Å². The van der Waals surface area contributed by atoms with E-state index in [-0.39, 0.29) is 6.09 Å². The molecule has 0 aromatic heterocycles. The maximum absolute atomic E-state index is 12.4. The molecule has 1 atom stereocenters. The molecular weight excluding hydrogens is 350 g/mol. The Morgan fingerprint density at radius 2 is 1.48 bits per heavy atom. The molecule has 0 heterocycles. The van der Waals surface area contributed by atoms with E-state index in [1.807, 2.05) is 0 Å². The van der Waals surface area contributed by atoms with Gasteiger partial charge in [-0.05, 0) is 35.0 Å². The zero-order chi connectivity index (χ0) is 19.6. The van der Waals surface area contributed by atoms with Crippen LogP contribution in [0.4, 0.5) is 4.79 Å². The molecule has 1 N–H and O–H groups in total. The lowest BCUT2D eigenvalue weighted by atomic mass is 10.2. The van der Waals surface area contributed by atoms with Crippen molar-refractivity contribution in [2.75, 3.05) is 20.8 Å². The van der Waals surface area contributed by atoms with Gasteiger partial charge in [0.2, 0.25) is 0 Å². The third-order valence-electron chi connectivity index (χ3n) is 5.37. The van der Waals surface area contributed by atoms with Gasteiger partial charge < -0.3 is 18.6 Å². The largest absolute Gasteiger partial charge is 0.503 e. The molecular formula is C18H41NO4Si2. The molecule has 0 aliphatic rings. The van der Waals surface area contributed by atoms with Crippen LogP contribution < -0.4 is 5.32 Å². The van der Waals surface area contributed by atoms with E-state index in [1.54, 1.807) is 14.2 Å². The highest BCUT2D eigenvalue weighted by atomic mass is 28.4. The van der Waals surface area contributed by atoms with Crippen LogP contribution in [-0.2, 0) is 13.3 Å². The standard InChI is InChI=1S/C18H41NO4Si2/c1-10-17(24(21-8)22-9)12-11-13-19-18(20)23-25(14(2)3,15(4)5)16(6)7/h14-17,24H,10-13H2,1-9H3,(H,19,20). The maximum Gasteiger partial charge on any atom is 0.393 e. The Balaban J connectivity index is 4.55. The molecule has 7 heteroatoms. The molecule has 5 nitrogen and oxygen atoms in total. The highest BCUT2D eigenvalue weighted by molar-refractivity contribution is 6.78. The van der Waals surface area contributed by atoms with E-state index < -0.39 is 17.6 Å². The molecule has 0 spiro atoms. The normalized spacial score (nSPS) is 13.8. The molecule has 0 rings (SSSR count). The Morgan fingerprint density at radius 1 is 1.00 bits per heavy atom. The van der Waals surface area contributed by atoms with E-state index >= 15 is 0 Å². The number of carbonyl (C=O) groups is 1. The van der Waals surface area contributed by atoms with Crippen LogP contribution in [0.5, 0.6) is 0 Å². The summed E-state index contributed by atoms with van der Waals surface area (Å²) in [6.07, 6.45) is 2.73. The van der Waals surface area contributed by atoms with Gasteiger partial charge in [0.1, 0.15) is 0 Å². The summed E-state index contributed by atoms with van der Waals surface area (Å²) in [7, 11) is -0.283. The van der Waals surface area contributed by atoms with Gasteiger partial charge in [0.25, 0.3) is 8.32 Å². The fourth-order valence-electron chi connectivity index (χ4n) is 4.12. The van der Waals surface area contributed by atoms with E-state index in [2.05, 4.69) is 53.8 Å². The van der Waals surface area contributed by atoms with Crippen molar-refractivity contribution in [3.8, 4) is 0 Å². The van der Waals surface area contributed by atoms with Crippen molar-refractivity contribution < 1.29 is 18.1 Å². The van der Waals surface area contributed by atoms with Crippen LogP contribution in [0.15, 0.2) is 0 Å². The lowest BCUT2D eigenvalue weighted by Crippen LogP contribution is -2.51. The SMILES string of the molecule is CCC(CCCNC(=O)O[Si](C(C)C)(C(C)C)C(C)C)[SiH](OC)OC. The summed E-state index contributed by atoms with van der Waals surface area (Å²) >= 11 is 0. The van der Waals surface area contributed by atoms with Crippen LogP contribution >= 0.6 is 0 Å². The van der Waals surface area contributed by atoms with Crippen molar-refractivity contribution in [2.24, 2.45) is 0 Å². The minimum absolute atomic E-state index is 0.247. The second kappa shape index (κ2) is 12.1. The Hall–Kier alpha value is -0.376. The highest BCUT2D eigenvalue weighted by Gasteiger charge is 2.48. The van der Waals surface area contributed by atoms with Crippen molar-refractivity contribution in [1.29, 1.82) is 0 Å². The van der Waals surface area contributed by atoms with Gasteiger partial charge in [-0.25, -0.2) is 4.79 Å². The van der Waals surface area contributed by atoms with Crippen LogP contribution in [-0.4, -0.2) is 44.5 Å². The van der Waals surface area contributed by atoms with Crippen molar-refractivity contribution in [2.45, 2.75) is 89.9 Å². The average molecular weight is 392 g/mol. The summed E-state index contributed by atoms with van der Waals surface area (Å²) in [4.78, 5) is 12.4. The van der Waals surface area contributed by atoms with E-state index in [0.29, 0.717) is 28.7 Å². The van der Waals surface area contributed by atoms with Gasteiger partial charge in [-0.15, -0.1) is 0 Å². The Kier molecular flexibility index (Phi) is 11.9. The number of hydrogen-bond acceptors (Lipinski definition) is 4. The number of nitrogens with one attached hydrogen (secondary N) is 1. The maximum atomic E-state index is 12.4. The minimum Gasteiger partial charge on any atom is -0.503 e. The van der Waals surface area contributed by atoms with Crippen LogP contribution in [0.2, 0.25) is 22.2 Å². The molecule has 25 heavy (non-hydrogen) atoms. The van der Waals surface area contributed by atoms with Crippen LogP contribution in [0.25, 0.3) is 0 Å². The summed E-state index contributed by atoms with van der Waals surface area (Å²) in [5.41, 5.74) is 1.68. The second-order valence-corrected chi connectivity index (χ2v) is 15.8. The van der Waals surface area contributed by atoms with Crippen LogP contribution in [0.1, 0.15) is 67.7 Å². The average Bonchev–Trinajstić information content (AvgIpc) is 2.54. The van der Waals surface area contributed by atoms with Gasteiger partial charge in [0.15, 0.2) is 0 Å². The van der Waals surface area contributed by atoms with Crippen molar-refractivity contribution in [1.82, 2.24) is 5.32 Å². The fraction of sp³-hybridized carbons (Fsp3) is 0.944. The van der Waals surface area contributed by atoms with Crippen LogP contribution in [0.3, 0.4) is 0 Å². The lowest BCUT2D eigenvalue weighted by molar-refractivity contribution is 0.193. The molecule has 0 aliphatic carbocycles. The first kappa shape index (κ1) is 24.6. The van der Waals surface area contributed by atoms with Gasteiger partial charge in [-0.3, -0.25) is 0 Å². The topological polar surface area (TPSA) is 56.8 Å². The van der Waals surface area contributed by atoms with Gasteiger partial charge in [-0.1, -0.05) is 54.9 Å². The second-order valence-electron chi connectivity index (χ2n) is 7.78. The van der Waals surface area contributed by atoms with Crippen molar-refractivity contribution in [3.05, 3.63) is 0 Å². The highest BCUT2D eigenvalue weighted by Crippen LogP contribution is 2.42. The van der Waals surface area contributed by atoms with E-state index in [0.717, 1.165) is 19.3 Å². The Morgan fingerprint density at radius 3 is 1.84 bits per heavy atom. The van der Waals surface area contributed by atoms with E-state index in [4.69, 9.17) is 13.3 Å². The zero-order valence-electron chi connectivity index (χ0n) is 17.8. The number of amides is 1. The quantitative estimate of drug-likeness (QED) is 0.377. The predicted octanol–water partition coefficient (Wildman–Crippen LogP) is 4.96. The molecule has 0 fully saturated rings. The smallest absolute Gasteiger partial charge is 0.393 e. The molecule has 0 bridgehead atoms. The van der Waals surface area contributed by atoms with Crippen molar-refractivity contribution >= 4 is 23.7 Å². The third kappa shape index (κ3) is 7.04. The Bertz CT molecular complexity index is 352. The first-order chi connectivity index (χ1) is 11.7. The summed E-state index contributed by atoms with van der Waals surface area (Å²) in [5, 5.41) is 2.96. The minimum atomic E-state index is -2.15. The van der Waals surface area contributed by atoms with Crippen molar-refractivity contribution in [3.63, 3.8) is 0 Å². The molecule has 1 amide bonds. The molecule has 1 unspecified atom stereocenters. The van der Waals surface area contributed by atoms with Crippen LogP contribution in [0, 0.1) is 0 Å². The molecule has 0 aliphatic heterocycles. The van der Waals surface area contributed by atoms with Gasteiger partial charge in [0, 0.05) is 20.8 Å². The summed E-state index contributed by atoms with van der Waals surface area (Å²) in [6, 6.07) is 0. The van der Waals surface area contributed by atoms with Gasteiger partial charge >= 0.3 is 15.4 Å².